The quantitative estimate of drug-likeness (QED) is 0.750. The molecule has 0 unspecified atom stereocenters. The largest absolute Gasteiger partial charge is 0.394 e. The summed E-state index contributed by atoms with van der Waals surface area (Å²) < 4.78 is 8.95. The van der Waals surface area contributed by atoms with Gasteiger partial charge in [0, 0.05) is 38.1 Å². The lowest BCUT2D eigenvalue weighted by molar-refractivity contribution is -0.105. The predicted octanol–water partition coefficient (Wildman–Crippen LogP) is -0.583. The first kappa shape index (κ1) is 17.6. The number of aromatic nitrogens is 4. The number of hydrogen-bond acceptors (Lipinski definition) is 6. The van der Waals surface area contributed by atoms with Gasteiger partial charge in [0.05, 0.1) is 25.4 Å². The Kier molecular flexibility index (Phi) is 4.89. The molecule has 9 nitrogen and oxygen atoms in total. The van der Waals surface area contributed by atoms with Gasteiger partial charge in [0.15, 0.2) is 5.82 Å². The fourth-order valence-electron chi connectivity index (χ4n) is 2.93. The van der Waals surface area contributed by atoms with Crippen LogP contribution in [0.2, 0.25) is 0 Å². The van der Waals surface area contributed by atoms with E-state index in [0.717, 1.165) is 0 Å². The first-order valence-corrected chi connectivity index (χ1v) is 8.19. The van der Waals surface area contributed by atoms with Crippen molar-refractivity contribution in [1.29, 1.82) is 0 Å². The van der Waals surface area contributed by atoms with Crippen molar-refractivity contribution < 1.29 is 14.6 Å². The minimum atomic E-state index is -0.628. The lowest BCUT2D eigenvalue weighted by Gasteiger charge is -2.47. The first-order chi connectivity index (χ1) is 11.9. The van der Waals surface area contributed by atoms with Crippen LogP contribution in [-0.4, -0.2) is 80.2 Å². The molecule has 3 heterocycles. The minimum Gasteiger partial charge on any atom is -0.394 e. The molecule has 0 aromatic carbocycles. The monoisotopic (exact) mass is 348 g/mol. The Balaban J connectivity index is 1.67. The van der Waals surface area contributed by atoms with Crippen LogP contribution < -0.4 is 5.32 Å². The molecule has 1 amide bonds. The average molecular weight is 348 g/mol. The van der Waals surface area contributed by atoms with Crippen molar-refractivity contribution in [3.05, 3.63) is 30.5 Å². The van der Waals surface area contributed by atoms with Crippen molar-refractivity contribution in [1.82, 2.24) is 29.5 Å². The molecule has 9 heteroatoms. The van der Waals surface area contributed by atoms with E-state index in [0.29, 0.717) is 24.7 Å². The Morgan fingerprint density at radius 1 is 1.52 bits per heavy atom. The van der Waals surface area contributed by atoms with E-state index in [-0.39, 0.29) is 25.1 Å². The fraction of sp³-hybridized carbons (Fsp3) is 0.562. The molecule has 2 N–H and O–H groups in total. The minimum absolute atomic E-state index is 0.101. The van der Waals surface area contributed by atoms with Crippen LogP contribution in [0.5, 0.6) is 0 Å². The molecule has 2 aromatic heterocycles. The zero-order valence-corrected chi connectivity index (χ0v) is 14.7. The zero-order valence-electron chi connectivity index (χ0n) is 14.7. The topological polar surface area (TPSA) is 97.4 Å². The highest BCUT2D eigenvalue weighted by molar-refractivity contribution is 5.92. The van der Waals surface area contributed by atoms with Crippen molar-refractivity contribution in [3.8, 4) is 5.82 Å². The summed E-state index contributed by atoms with van der Waals surface area (Å²) in [7, 11) is 3.76. The third kappa shape index (κ3) is 3.44. The highest BCUT2D eigenvalue weighted by Gasteiger charge is 2.40. The maximum absolute atomic E-state index is 12.4. The van der Waals surface area contributed by atoms with Crippen molar-refractivity contribution in [2.24, 2.45) is 7.05 Å². The van der Waals surface area contributed by atoms with Crippen LogP contribution in [0.25, 0.3) is 5.82 Å². The molecule has 0 radical (unpaired) electrons. The SMILES string of the molecule is C[C@@H]1COC[C@@](CO)(CNC(=O)c2cn(-c3ccn(C)n3)cn2)N1C. The smallest absolute Gasteiger partial charge is 0.271 e. The van der Waals surface area contributed by atoms with Gasteiger partial charge in [0.1, 0.15) is 12.0 Å². The van der Waals surface area contributed by atoms with Gasteiger partial charge in [-0.25, -0.2) is 4.98 Å². The second-order valence-electron chi connectivity index (χ2n) is 6.55. The second kappa shape index (κ2) is 6.95. The number of nitrogens with one attached hydrogen (secondary N) is 1. The molecule has 0 aliphatic carbocycles. The highest BCUT2D eigenvalue weighted by Crippen LogP contribution is 2.21. The van der Waals surface area contributed by atoms with E-state index in [4.69, 9.17) is 4.74 Å². The van der Waals surface area contributed by atoms with Crippen LogP contribution >= 0.6 is 0 Å². The molecule has 2 atom stereocenters. The highest BCUT2D eigenvalue weighted by atomic mass is 16.5. The van der Waals surface area contributed by atoms with E-state index in [2.05, 4.69) is 20.3 Å². The third-order valence-electron chi connectivity index (χ3n) is 4.79. The first-order valence-electron chi connectivity index (χ1n) is 8.19. The van der Waals surface area contributed by atoms with E-state index in [9.17, 15) is 9.90 Å². The number of amides is 1. The number of carbonyl (C=O) groups excluding carboxylic acids is 1. The Bertz CT molecular complexity index is 742. The van der Waals surface area contributed by atoms with Gasteiger partial charge in [0.2, 0.25) is 0 Å². The molecular weight excluding hydrogens is 324 g/mol. The fourth-order valence-corrected chi connectivity index (χ4v) is 2.93. The molecule has 1 aliphatic rings. The van der Waals surface area contributed by atoms with Crippen LogP contribution in [0.3, 0.4) is 0 Å². The number of rotatable bonds is 5. The number of aliphatic hydroxyl groups is 1. The summed E-state index contributed by atoms with van der Waals surface area (Å²) in [4.78, 5) is 18.6. The number of nitrogens with zero attached hydrogens (tertiary/aromatic N) is 5. The molecule has 0 saturated carbocycles. The molecule has 2 aromatic rings. The van der Waals surface area contributed by atoms with E-state index >= 15 is 0 Å². The summed E-state index contributed by atoms with van der Waals surface area (Å²) in [6, 6.07) is 2.00. The number of hydrogen-bond donors (Lipinski definition) is 2. The molecule has 1 saturated heterocycles. The zero-order chi connectivity index (χ0) is 18.0. The molecule has 136 valence electrons. The Morgan fingerprint density at radius 3 is 3.00 bits per heavy atom. The molecule has 1 aliphatic heterocycles. The van der Waals surface area contributed by atoms with E-state index in [1.54, 1.807) is 21.8 Å². The molecule has 25 heavy (non-hydrogen) atoms. The summed E-state index contributed by atoms with van der Waals surface area (Å²) in [5.74, 6) is 0.393. The van der Waals surface area contributed by atoms with E-state index < -0.39 is 5.54 Å². The van der Waals surface area contributed by atoms with E-state index in [1.165, 1.54) is 0 Å². The Labute approximate surface area is 146 Å². The number of likely N-dealkylation sites (N-methyl/N-ethyl adjacent to an activating group) is 1. The van der Waals surface area contributed by atoms with Crippen LogP contribution in [-0.2, 0) is 11.8 Å². The van der Waals surface area contributed by atoms with Gasteiger partial charge in [0.25, 0.3) is 5.91 Å². The van der Waals surface area contributed by atoms with Gasteiger partial charge < -0.3 is 15.2 Å². The van der Waals surface area contributed by atoms with Gasteiger partial charge >= 0.3 is 0 Å². The lowest BCUT2D eigenvalue weighted by Crippen LogP contribution is -2.65. The van der Waals surface area contributed by atoms with Crippen LogP contribution in [0.15, 0.2) is 24.8 Å². The molecule has 3 rings (SSSR count). The second-order valence-corrected chi connectivity index (χ2v) is 6.55. The normalized spacial score (nSPS) is 24.4. The van der Waals surface area contributed by atoms with Crippen LogP contribution in [0, 0.1) is 0 Å². The molecular formula is C16H24N6O3. The summed E-state index contributed by atoms with van der Waals surface area (Å²) in [5.41, 5.74) is -0.331. The van der Waals surface area contributed by atoms with Crippen molar-refractivity contribution in [2.75, 3.05) is 33.4 Å². The van der Waals surface area contributed by atoms with Gasteiger partial charge in [-0.05, 0) is 14.0 Å². The molecule has 0 bridgehead atoms. The van der Waals surface area contributed by atoms with Gasteiger partial charge in [-0.2, -0.15) is 5.10 Å². The van der Waals surface area contributed by atoms with Gasteiger partial charge in [-0.15, -0.1) is 0 Å². The predicted molar refractivity (Wildman–Crippen MR) is 90.5 cm³/mol. The number of aryl methyl sites for hydroxylation is 1. The summed E-state index contributed by atoms with van der Waals surface area (Å²) in [6.07, 6.45) is 5.00. The van der Waals surface area contributed by atoms with Crippen LogP contribution in [0.1, 0.15) is 17.4 Å². The summed E-state index contributed by atoms with van der Waals surface area (Å²) in [5, 5.41) is 17.0. The van der Waals surface area contributed by atoms with Crippen LogP contribution in [0.4, 0.5) is 0 Å². The van der Waals surface area contributed by atoms with Gasteiger partial charge in [-0.1, -0.05) is 0 Å². The van der Waals surface area contributed by atoms with Crippen molar-refractivity contribution in [2.45, 2.75) is 18.5 Å². The summed E-state index contributed by atoms with van der Waals surface area (Å²) in [6.45, 7) is 3.18. The average Bonchev–Trinajstić information content (AvgIpc) is 3.25. The Hall–Kier alpha value is -2.23. The lowest BCUT2D eigenvalue weighted by atomic mass is 9.96. The van der Waals surface area contributed by atoms with Crippen molar-refractivity contribution in [3.63, 3.8) is 0 Å². The van der Waals surface area contributed by atoms with Gasteiger partial charge in [-0.3, -0.25) is 18.9 Å². The Morgan fingerprint density at radius 2 is 2.32 bits per heavy atom. The third-order valence-corrected chi connectivity index (χ3v) is 4.79. The molecule has 0 spiro atoms. The summed E-state index contributed by atoms with van der Waals surface area (Å²) >= 11 is 0. The maximum atomic E-state index is 12.4. The van der Waals surface area contributed by atoms with Crippen molar-refractivity contribution >= 4 is 5.91 Å². The number of ether oxygens (including phenoxy) is 1. The standard InChI is InChI=1S/C16H24N6O3/c1-12-7-25-10-16(9-23,21(12)3)8-17-15(24)13-6-22(11-18-13)14-4-5-20(2)19-14/h4-6,11-12,23H,7-10H2,1-3H3,(H,17,24)/t12-,16+/m1/s1. The number of carbonyl (C=O) groups is 1. The van der Waals surface area contributed by atoms with E-state index in [1.807, 2.05) is 33.3 Å². The number of morpholine rings is 1. The molecule has 1 fully saturated rings. The number of aliphatic hydroxyl groups excluding tert-OH is 1. The number of imidazole rings is 1. The maximum Gasteiger partial charge on any atom is 0.271 e.